The second-order valence-electron chi connectivity index (χ2n) is 7.45. The molecule has 106 valence electrons. The van der Waals surface area contributed by atoms with Crippen molar-refractivity contribution in [2.75, 3.05) is 6.54 Å². The van der Waals surface area contributed by atoms with Crippen LogP contribution in [0.3, 0.4) is 0 Å². The van der Waals surface area contributed by atoms with E-state index in [-0.39, 0.29) is 11.2 Å². The first-order valence-electron chi connectivity index (χ1n) is 7.79. The van der Waals surface area contributed by atoms with Crippen LogP contribution in [0.5, 0.6) is 0 Å². The van der Waals surface area contributed by atoms with E-state index >= 15 is 0 Å². The van der Waals surface area contributed by atoms with Gasteiger partial charge in [0.25, 0.3) is 0 Å². The van der Waals surface area contributed by atoms with Gasteiger partial charge in [-0.3, -0.25) is 0 Å². The van der Waals surface area contributed by atoms with E-state index in [0.29, 0.717) is 12.0 Å². The summed E-state index contributed by atoms with van der Waals surface area (Å²) < 4.78 is 6.29. The third-order valence-corrected chi connectivity index (χ3v) is 4.87. The molecule has 1 N–H and O–H groups in total. The van der Waals surface area contributed by atoms with Crippen molar-refractivity contribution in [3.63, 3.8) is 0 Å². The summed E-state index contributed by atoms with van der Waals surface area (Å²) in [6, 6.07) is 0.662. The molecule has 18 heavy (non-hydrogen) atoms. The Bertz CT molecular complexity index is 281. The standard InChI is InChI=1S/C16H31NO/c1-6-10-17-14(12-8-7-9-12)13-11-15(2,3)18-16(13,4)5/h12-14,17H,6-11H2,1-5H3. The van der Waals surface area contributed by atoms with Crippen LogP contribution in [0.2, 0.25) is 0 Å². The first-order chi connectivity index (χ1) is 8.36. The molecule has 2 unspecified atom stereocenters. The van der Waals surface area contributed by atoms with Crippen molar-refractivity contribution >= 4 is 0 Å². The SMILES string of the molecule is CCCNC(C1CCC1)C1CC(C)(C)OC1(C)C. The normalized spacial score (nSPS) is 32.2. The Balaban J connectivity index is 2.09. The zero-order valence-electron chi connectivity index (χ0n) is 12.9. The lowest BCUT2D eigenvalue weighted by atomic mass is 9.69. The van der Waals surface area contributed by atoms with Crippen LogP contribution in [0.1, 0.15) is 66.7 Å². The second-order valence-corrected chi connectivity index (χ2v) is 7.45. The highest BCUT2D eigenvalue weighted by Crippen LogP contribution is 2.47. The topological polar surface area (TPSA) is 21.3 Å². The molecule has 2 aliphatic rings. The van der Waals surface area contributed by atoms with Crippen LogP contribution in [0, 0.1) is 11.8 Å². The van der Waals surface area contributed by atoms with Crippen molar-refractivity contribution < 1.29 is 4.74 Å². The van der Waals surface area contributed by atoms with Gasteiger partial charge in [-0.05, 0) is 65.8 Å². The number of ether oxygens (including phenoxy) is 1. The van der Waals surface area contributed by atoms with Gasteiger partial charge in [0.05, 0.1) is 11.2 Å². The molecule has 2 nitrogen and oxygen atoms in total. The molecule has 0 spiro atoms. The summed E-state index contributed by atoms with van der Waals surface area (Å²) in [4.78, 5) is 0. The van der Waals surface area contributed by atoms with Crippen molar-refractivity contribution in [2.45, 2.75) is 84.0 Å². The van der Waals surface area contributed by atoms with Gasteiger partial charge >= 0.3 is 0 Å². The third kappa shape index (κ3) is 2.91. The summed E-state index contributed by atoms with van der Waals surface area (Å²) in [5.74, 6) is 1.54. The fourth-order valence-corrected chi connectivity index (χ4v) is 3.91. The van der Waals surface area contributed by atoms with Crippen molar-refractivity contribution in [3.8, 4) is 0 Å². The van der Waals surface area contributed by atoms with E-state index in [1.807, 2.05) is 0 Å². The van der Waals surface area contributed by atoms with Gasteiger partial charge in [0.2, 0.25) is 0 Å². The molecular formula is C16H31NO. The average molecular weight is 253 g/mol. The van der Waals surface area contributed by atoms with Crippen molar-refractivity contribution in [1.82, 2.24) is 5.32 Å². The Morgan fingerprint density at radius 3 is 2.28 bits per heavy atom. The third-order valence-electron chi connectivity index (χ3n) is 4.87. The van der Waals surface area contributed by atoms with Crippen LogP contribution >= 0.6 is 0 Å². The summed E-state index contributed by atoms with van der Waals surface area (Å²) in [6.07, 6.45) is 6.66. The van der Waals surface area contributed by atoms with Gasteiger partial charge in [-0.15, -0.1) is 0 Å². The fraction of sp³-hybridized carbons (Fsp3) is 1.00. The predicted molar refractivity (Wildman–Crippen MR) is 76.8 cm³/mol. The molecule has 2 atom stereocenters. The lowest BCUT2D eigenvalue weighted by Gasteiger charge is -2.42. The van der Waals surface area contributed by atoms with Gasteiger partial charge in [0.1, 0.15) is 0 Å². The molecule has 1 saturated carbocycles. The number of nitrogens with one attached hydrogen (secondary N) is 1. The van der Waals surface area contributed by atoms with Gasteiger partial charge in [0.15, 0.2) is 0 Å². The summed E-state index contributed by atoms with van der Waals surface area (Å²) in [5.41, 5.74) is 0.0640. The maximum absolute atomic E-state index is 6.29. The Kier molecular flexibility index (Phi) is 4.08. The molecule has 2 fully saturated rings. The van der Waals surface area contributed by atoms with Crippen LogP contribution in [-0.2, 0) is 4.74 Å². The van der Waals surface area contributed by atoms with E-state index in [1.54, 1.807) is 0 Å². The van der Waals surface area contributed by atoms with Crippen LogP contribution in [0.15, 0.2) is 0 Å². The Labute approximate surface area is 113 Å². The molecule has 0 radical (unpaired) electrons. The van der Waals surface area contributed by atoms with Gasteiger partial charge < -0.3 is 10.1 Å². The molecule has 2 heteroatoms. The van der Waals surface area contributed by atoms with E-state index in [1.165, 1.54) is 32.1 Å². The van der Waals surface area contributed by atoms with E-state index in [0.717, 1.165) is 12.5 Å². The highest BCUT2D eigenvalue weighted by Gasteiger charge is 2.50. The molecule has 0 bridgehead atoms. The van der Waals surface area contributed by atoms with Gasteiger partial charge in [-0.1, -0.05) is 13.3 Å². The molecule has 1 heterocycles. The van der Waals surface area contributed by atoms with Gasteiger partial charge in [-0.2, -0.15) is 0 Å². The molecule has 1 saturated heterocycles. The highest BCUT2D eigenvalue weighted by molar-refractivity contribution is 5.02. The Hall–Kier alpha value is -0.0800. The van der Waals surface area contributed by atoms with E-state index < -0.39 is 0 Å². The van der Waals surface area contributed by atoms with Crippen LogP contribution in [0.4, 0.5) is 0 Å². The molecule has 0 aromatic rings. The maximum Gasteiger partial charge on any atom is 0.0677 e. The summed E-state index contributed by atoms with van der Waals surface area (Å²) in [5, 5.41) is 3.83. The number of hydrogen-bond acceptors (Lipinski definition) is 2. The van der Waals surface area contributed by atoms with Gasteiger partial charge in [-0.25, -0.2) is 0 Å². The zero-order chi connectivity index (χ0) is 13.4. The number of hydrogen-bond donors (Lipinski definition) is 1. The molecular weight excluding hydrogens is 222 g/mol. The lowest BCUT2D eigenvalue weighted by Crippen LogP contribution is -2.50. The minimum absolute atomic E-state index is 0.0184. The maximum atomic E-state index is 6.29. The van der Waals surface area contributed by atoms with Crippen molar-refractivity contribution in [3.05, 3.63) is 0 Å². The zero-order valence-corrected chi connectivity index (χ0v) is 12.9. The smallest absolute Gasteiger partial charge is 0.0677 e. The van der Waals surface area contributed by atoms with Crippen LogP contribution < -0.4 is 5.32 Å². The summed E-state index contributed by atoms with van der Waals surface area (Å²) >= 11 is 0. The molecule has 1 aliphatic heterocycles. The summed E-state index contributed by atoms with van der Waals surface area (Å²) in [7, 11) is 0. The Morgan fingerprint density at radius 2 is 1.89 bits per heavy atom. The molecule has 0 aromatic heterocycles. The van der Waals surface area contributed by atoms with Crippen LogP contribution in [-0.4, -0.2) is 23.8 Å². The molecule has 2 rings (SSSR count). The lowest BCUT2D eigenvalue weighted by molar-refractivity contribution is -0.0810. The second kappa shape index (κ2) is 5.13. The average Bonchev–Trinajstić information content (AvgIpc) is 2.38. The highest BCUT2D eigenvalue weighted by atomic mass is 16.5. The Morgan fingerprint density at radius 1 is 1.22 bits per heavy atom. The minimum atomic E-state index is 0.0184. The largest absolute Gasteiger partial charge is 0.369 e. The predicted octanol–water partition coefficient (Wildman–Crippen LogP) is 3.75. The minimum Gasteiger partial charge on any atom is -0.369 e. The molecule has 0 amide bonds. The van der Waals surface area contributed by atoms with E-state index in [9.17, 15) is 0 Å². The van der Waals surface area contributed by atoms with E-state index in [2.05, 4.69) is 39.9 Å². The monoisotopic (exact) mass is 253 g/mol. The summed E-state index contributed by atoms with van der Waals surface area (Å²) in [6.45, 7) is 12.5. The fourth-order valence-electron chi connectivity index (χ4n) is 3.91. The quantitative estimate of drug-likeness (QED) is 0.805. The molecule has 1 aliphatic carbocycles. The van der Waals surface area contributed by atoms with Crippen molar-refractivity contribution in [1.29, 1.82) is 0 Å². The number of rotatable bonds is 5. The van der Waals surface area contributed by atoms with E-state index in [4.69, 9.17) is 4.74 Å². The van der Waals surface area contributed by atoms with Gasteiger partial charge in [0, 0.05) is 12.0 Å². The first kappa shape index (κ1) is 14.3. The van der Waals surface area contributed by atoms with Crippen LogP contribution in [0.25, 0.3) is 0 Å². The van der Waals surface area contributed by atoms with Crippen molar-refractivity contribution in [2.24, 2.45) is 11.8 Å². The first-order valence-corrected chi connectivity index (χ1v) is 7.79. The molecule has 0 aromatic carbocycles.